The maximum absolute atomic E-state index is 8.79. The highest BCUT2D eigenvalue weighted by Crippen LogP contribution is 2.06. The van der Waals surface area contributed by atoms with Crippen molar-refractivity contribution in [1.82, 2.24) is 25.2 Å². The van der Waals surface area contributed by atoms with Crippen molar-refractivity contribution >= 4 is 0 Å². The number of likely N-dealkylation sites (N-methyl/N-ethyl adjacent to an activating group) is 1. The minimum atomic E-state index is 0.0896. The molecule has 0 aliphatic carbocycles. The van der Waals surface area contributed by atoms with Crippen LogP contribution in [0.15, 0.2) is 6.20 Å². The van der Waals surface area contributed by atoms with E-state index in [0.29, 0.717) is 25.0 Å². The third kappa shape index (κ3) is 4.72. The topological polar surface area (TPSA) is 66.2 Å². The van der Waals surface area contributed by atoms with Gasteiger partial charge >= 0.3 is 0 Å². The first-order chi connectivity index (χ1) is 8.54. The smallest absolute Gasteiger partial charge is 0.0964 e. The molecule has 0 amide bonds. The first-order valence-corrected chi connectivity index (χ1v) is 6.41. The van der Waals surface area contributed by atoms with Gasteiger partial charge in [-0.3, -0.25) is 0 Å². The monoisotopic (exact) mass is 255 g/mol. The summed E-state index contributed by atoms with van der Waals surface area (Å²) in [6, 6.07) is 0.512. The van der Waals surface area contributed by atoms with E-state index in [0.717, 1.165) is 12.2 Å². The lowest BCUT2D eigenvalue weighted by Crippen LogP contribution is -2.41. The summed E-state index contributed by atoms with van der Waals surface area (Å²) in [6.45, 7) is 6.68. The van der Waals surface area contributed by atoms with Gasteiger partial charge in [-0.15, -0.1) is 5.10 Å². The molecule has 0 fully saturated rings. The lowest BCUT2D eigenvalue weighted by molar-refractivity contribution is 0.224. The Hall–Kier alpha value is -0.980. The summed E-state index contributed by atoms with van der Waals surface area (Å²) in [7, 11) is 4.20. The second kappa shape index (κ2) is 7.45. The molecule has 2 N–H and O–H groups in total. The largest absolute Gasteiger partial charge is 0.394 e. The zero-order chi connectivity index (χ0) is 13.5. The van der Waals surface area contributed by atoms with Gasteiger partial charge in [0.25, 0.3) is 0 Å². The fourth-order valence-electron chi connectivity index (χ4n) is 1.99. The van der Waals surface area contributed by atoms with Crippen molar-refractivity contribution in [3.05, 3.63) is 11.9 Å². The zero-order valence-electron chi connectivity index (χ0n) is 11.8. The molecule has 1 aromatic rings. The Morgan fingerprint density at radius 3 is 2.72 bits per heavy atom. The van der Waals surface area contributed by atoms with Crippen molar-refractivity contribution in [3.8, 4) is 0 Å². The van der Waals surface area contributed by atoms with Gasteiger partial charge in [-0.05, 0) is 20.0 Å². The van der Waals surface area contributed by atoms with Gasteiger partial charge in [0, 0.05) is 25.3 Å². The summed E-state index contributed by atoms with van der Waals surface area (Å²) in [6.07, 6.45) is 1.86. The third-order valence-corrected chi connectivity index (χ3v) is 3.01. The van der Waals surface area contributed by atoms with Crippen LogP contribution in [0.1, 0.15) is 19.5 Å². The minimum Gasteiger partial charge on any atom is -0.394 e. The molecule has 1 unspecified atom stereocenters. The average Bonchev–Trinajstić information content (AvgIpc) is 2.71. The van der Waals surface area contributed by atoms with Crippen LogP contribution in [-0.4, -0.2) is 58.3 Å². The molecular weight excluding hydrogens is 230 g/mol. The molecule has 1 aromatic heterocycles. The molecule has 18 heavy (non-hydrogen) atoms. The van der Waals surface area contributed by atoms with Gasteiger partial charge in [-0.1, -0.05) is 19.1 Å². The van der Waals surface area contributed by atoms with Crippen LogP contribution >= 0.6 is 0 Å². The number of aliphatic hydroxyl groups excluding tert-OH is 1. The maximum atomic E-state index is 8.79. The minimum absolute atomic E-state index is 0.0896. The van der Waals surface area contributed by atoms with Crippen LogP contribution in [0.5, 0.6) is 0 Å². The van der Waals surface area contributed by atoms with Gasteiger partial charge < -0.3 is 15.3 Å². The van der Waals surface area contributed by atoms with E-state index in [1.165, 1.54) is 0 Å². The van der Waals surface area contributed by atoms with Crippen LogP contribution in [0.25, 0.3) is 0 Å². The average molecular weight is 255 g/mol. The molecule has 1 rings (SSSR count). The molecule has 1 atom stereocenters. The molecule has 0 radical (unpaired) electrons. The van der Waals surface area contributed by atoms with Gasteiger partial charge in [0.1, 0.15) is 0 Å². The van der Waals surface area contributed by atoms with E-state index >= 15 is 0 Å². The Labute approximate surface area is 109 Å². The quantitative estimate of drug-likeness (QED) is 0.681. The normalized spacial score (nSPS) is 13.5. The Morgan fingerprint density at radius 2 is 2.17 bits per heavy atom. The first kappa shape index (κ1) is 15.1. The van der Waals surface area contributed by atoms with Gasteiger partial charge in [-0.2, -0.15) is 0 Å². The molecule has 1 heterocycles. The Kier molecular flexibility index (Phi) is 6.24. The standard InChI is InChI=1S/C12H25N5O/c1-10(2)12(16(3)4)8-13-7-11-9-17(5-6-18)15-14-11/h9-10,12-13,18H,5-8H2,1-4H3. The second-order valence-corrected chi connectivity index (χ2v) is 5.10. The van der Waals surface area contributed by atoms with E-state index in [2.05, 4.69) is 48.5 Å². The number of hydrogen-bond acceptors (Lipinski definition) is 5. The summed E-state index contributed by atoms with van der Waals surface area (Å²) in [5.41, 5.74) is 0.907. The molecule has 0 saturated carbocycles. The molecule has 6 nitrogen and oxygen atoms in total. The van der Waals surface area contributed by atoms with Crippen molar-refractivity contribution < 1.29 is 5.11 Å². The lowest BCUT2D eigenvalue weighted by atomic mass is 10.0. The van der Waals surface area contributed by atoms with Crippen molar-refractivity contribution in [3.63, 3.8) is 0 Å². The molecular formula is C12H25N5O. The Bertz CT molecular complexity index is 329. The summed E-state index contributed by atoms with van der Waals surface area (Å²) < 4.78 is 1.66. The van der Waals surface area contributed by atoms with Crippen molar-refractivity contribution in [1.29, 1.82) is 0 Å². The summed E-state index contributed by atoms with van der Waals surface area (Å²) in [5.74, 6) is 0.609. The lowest BCUT2D eigenvalue weighted by Gasteiger charge is -2.28. The summed E-state index contributed by atoms with van der Waals surface area (Å²) >= 11 is 0. The molecule has 0 spiro atoms. The van der Waals surface area contributed by atoms with E-state index in [9.17, 15) is 0 Å². The SMILES string of the molecule is CC(C)C(CNCc1cn(CCO)nn1)N(C)C. The van der Waals surface area contributed by atoms with Crippen molar-refractivity contribution in [2.45, 2.75) is 33.0 Å². The van der Waals surface area contributed by atoms with Gasteiger partial charge in [0.05, 0.1) is 18.8 Å². The summed E-state index contributed by atoms with van der Waals surface area (Å²) in [4.78, 5) is 2.24. The van der Waals surface area contributed by atoms with Crippen LogP contribution in [0.4, 0.5) is 0 Å². The molecule has 0 aliphatic rings. The van der Waals surface area contributed by atoms with E-state index in [1.807, 2.05) is 6.20 Å². The Balaban J connectivity index is 2.35. The fourth-order valence-corrected chi connectivity index (χ4v) is 1.99. The molecule has 0 aliphatic heterocycles. The number of rotatable bonds is 8. The summed E-state index contributed by atoms with van der Waals surface area (Å²) in [5, 5.41) is 20.2. The van der Waals surface area contributed by atoms with Crippen LogP contribution in [0.2, 0.25) is 0 Å². The van der Waals surface area contributed by atoms with E-state index in [1.54, 1.807) is 4.68 Å². The van der Waals surface area contributed by atoms with Crippen molar-refractivity contribution in [2.24, 2.45) is 5.92 Å². The number of nitrogens with one attached hydrogen (secondary N) is 1. The molecule has 0 bridgehead atoms. The van der Waals surface area contributed by atoms with Gasteiger partial charge in [0.15, 0.2) is 0 Å². The fraction of sp³-hybridized carbons (Fsp3) is 0.833. The van der Waals surface area contributed by atoms with Crippen LogP contribution < -0.4 is 5.32 Å². The predicted octanol–water partition coefficient (Wildman–Crippen LogP) is -0.0538. The van der Waals surface area contributed by atoms with Gasteiger partial charge in [0.2, 0.25) is 0 Å². The highest BCUT2D eigenvalue weighted by molar-refractivity contribution is 4.91. The molecule has 0 aromatic carbocycles. The van der Waals surface area contributed by atoms with Crippen LogP contribution in [-0.2, 0) is 13.1 Å². The maximum Gasteiger partial charge on any atom is 0.0964 e. The number of nitrogens with zero attached hydrogens (tertiary/aromatic N) is 4. The third-order valence-electron chi connectivity index (χ3n) is 3.01. The van der Waals surface area contributed by atoms with E-state index in [4.69, 9.17) is 5.11 Å². The highest BCUT2D eigenvalue weighted by atomic mass is 16.3. The van der Waals surface area contributed by atoms with E-state index in [-0.39, 0.29) is 6.61 Å². The molecule has 104 valence electrons. The first-order valence-electron chi connectivity index (χ1n) is 6.41. The zero-order valence-corrected chi connectivity index (χ0v) is 11.8. The van der Waals surface area contributed by atoms with Crippen LogP contribution in [0.3, 0.4) is 0 Å². The number of aromatic nitrogens is 3. The molecule has 6 heteroatoms. The predicted molar refractivity (Wildman–Crippen MR) is 71.1 cm³/mol. The Morgan fingerprint density at radius 1 is 1.44 bits per heavy atom. The van der Waals surface area contributed by atoms with E-state index < -0.39 is 0 Å². The van der Waals surface area contributed by atoms with Gasteiger partial charge in [-0.25, -0.2) is 4.68 Å². The number of aliphatic hydroxyl groups is 1. The van der Waals surface area contributed by atoms with Crippen LogP contribution in [0, 0.1) is 5.92 Å². The number of hydrogen-bond donors (Lipinski definition) is 2. The highest BCUT2D eigenvalue weighted by Gasteiger charge is 2.15. The second-order valence-electron chi connectivity index (χ2n) is 5.10. The molecule has 0 saturated heterocycles. The van der Waals surface area contributed by atoms with Crippen molar-refractivity contribution in [2.75, 3.05) is 27.2 Å².